The zero-order valence-electron chi connectivity index (χ0n) is 22.3. The number of halogens is 3. The van der Waals surface area contributed by atoms with Gasteiger partial charge in [-0.1, -0.05) is 54.6 Å². The number of hydrogen-bond acceptors (Lipinski definition) is 5. The summed E-state index contributed by atoms with van der Waals surface area (Å²) < 4.78 is 41.8. The average molecular weight is 551 g/mol. The molecule has 208 valence electrons. The van der Waals surface area contributed by atoms with E-state index in [-0.39, 0.29) is 17.9 Å². The van der Waals surface area contributed by atoms with Gasteiger partial charge in [0.25, 0.3) is 5.91 Å². The molecule has 0 aliphatic carbocycles. The van der Waals surface area contributed by atoms with Gasteiger partial charge in [-0.2, -0.15) is 18.3 Å². The highest BCUT2D eigenvalue weighted by molar-refractivity contribution is 6.03. The predicted molar refractivity (Wildman–Crippen MR) is 145 cm³/mol. The first-order valence-corrected chi connectivity index (χ1v) is 12.5. The lowest BCUT2D eigenvalue weighted by molar-refractivity contribution is -0.161. The zero-order valence-corrected chi connectivity index (χ0v) is 22.3. The Hall–Kier alpha value is -4.44. The molecule has 2 N–H and O–H groups in total. The quantitative estimate of drug-likeness (QED) is 0.251. The number of amides is 1. The van der Waals surface area contributed by atoms with Crippen molar-refractivity contribution in [3.8, 4) is 5.69 Å². The monoisotopic (exact) mass is 550 g/mol. The molecule has 0 atom stereocenters. The smallest absolute Gasteiger partial charge is 0.370 e. The van der Waals surface area contributed by atoms with Gasteiger partial charge in [-0.05, 0) is 68.1 Å². The zero-order chi connectivity index (χ0) is 28.9. The Morgan fingerprint density at radius 1 is 0.850 bits per heavy atom. The Kier molecular flexibility index (Phi) is 8.39. The first-order valence-electron chi connectivity index (χ1n) is 12.5. The number of aromatic nitrogens is 2. The van der Waals surface area contributed by atoms with Crippen LogP contribution in [0, 0.1) is 5.41 Å². The molecule has 1 heterocycles. The minimum Gasteiger partial charge on any atom is -0.370 e. The molecule has 0 aliphatic heterocycles. The largest absolute Gasteiger partial charge is 0.435 e. The standard InChI is InChI=1S/C30H29F3N4O3/c1-29(2,3)28(39)40-34-19-22-12-8-14-24(17-22)37-25(18-26(36-37)30(31,32)33)27(38)35-23-13-7-11-21(16-23)15-20-9-5-4-6-10-20/h4-14,16-18,34H,15,19H2,1-3H3,(H,35,38). The highest BCUT2D eigenvalue weighted by atomic mass is 19.4. The fourth-order valence-electron chi connectivity index (χ4n) is 3.80. The molecule has 0 saturated heterocycles. The van der Waals surface area contributed by atoms with Crippen molar-refractivity contribution in [1.82, 2.24) is 15.3 Å². The van der Waals surface area contributed by atoms with Gasteiger partial charge in [-0.25, -0.2) is 9.48 Å². The molecule has 0 saturated carbocycles. The van der Waals surface area contributed by atoms with E-state index in [0.717, 1.165) is 21.9 Å². The van der Waals surface area contributed by atoms with Crippen LogP contribution in [0.2, 0.25) is 0 Å². The van der Waals surface area contributed by atoms with Crippen molar-refractivity contribution in [1.29, 1.82) is 0 Å². The van der Waals surface area contributed by atoms with Gasteiger partial charge in [0.2, 0.25) is 0 Å². The highest BCUT2D eigenvalue weighted by Crippen LogP contribution is 2.30. The second-order valence-electron chi connectivity index (χ2n) is 10.3. The summed E-state index contributed by atoms with van der Waals surface area (Å²) in [6.45, 7) is 5.22. The van der Waals surface area contributed by atoms with Crippen LogP contribution in [0.4, 0.5) is 18.9 Å². The van der Waals surface area contributed by atoms with E-state index < -0.39 is 29.2 Å². The van der Waals surface area contributed by atoms with Crippen molar-refractivity contribution in [2.24, 2.45) is 5.41 Å². The second-order valence-corrected chi connectivity index (χ2v) is 10.3. The van der Waals surface area contributed by atoms with Crippen molar-refractivity contribution in [3.63, 3.8) is 0 Å². The van der Waals surface area contributed by atoms with Crippen molar-refractivity contribution in [3.05, 3.63) is 113 Å². The summed E-state index contributed by atoms with van der Waals surface area (Å²) in [4.78, 5) is 30.3. The molecule has 10 heteroatoms. The SMILES string of the molecule is CC(C)(C)C(=O)ONCc1cccc(-n2nc(C(F)(F)F)cc2C(=O)Nc2cccc(Cc3ccccc3)c2)c1. The molecule has 0 aliphatic rings. The first kappa shape index (κ1) is 28.6. The Labute approximate surface area is 229 Å². The minimum absolute atomic E-state index is 0.0960. The Balaban J connectivity index is 1.56. The van der Waals surface area contributed by atoms with Crippen LogP contribution in [0.3, 0.4) is 0 Å². The van der Waals surface area contributed by atoms with Crippen LogP contribution >= 0.6 is 0 Å². The van der Waals surface area contributed by atoms with Gasteiger partial charge in [-0.3, -0.25) is 4.79 Å². The molecule has 0 spiro atoms. The maximum Gasteiger partial charge on any atom is 0.435 e. The molecular weight excluding hydrogens is 521 g/mol. The molecule has 0 radical (unpaired) electrons. The van der Waals surface area contributed by atoms with Crippen molar-refractivity contribution >= 4 is 17.6 Å². The molecule has 1 aromatic heterocycles. The summed E-state index contributed by atoms with van der Waals surface area (Å²) >= 11 is 0. The molecule has 4 rings (SSSR count). The topological polar surface area (TPSA) is 85.2 Å². The number of nitrogens with one attached hydrogen (secondary N) is 2. The Morgan fingerprint density at radius 3 is 2.23 bits per heavy atom. The number of carbonyl (C=O) groups is 2. The number of benzene rings is 3. The van der Waals surface area contributed by atoms with E-state index in [1.807, 2.05) is 36.4 Å². The maximum absolute atomic E-state index is 13.6. The van der Waals surface area contributed by atoms with Crippen LogP contribution in [0.1, 0.15) is 53.6 Å². The van der Waals surface area contributed by atoms with Crippen LogP contribution in [0.25, 0.3) is 5.69 Å². The van der Waals surface area contributed by atoms with Gasteiger partial charge < -0.3 is 10.2 Å². The maximum atomic E-state index is 13.6. The van der Waals surface area contributed by atoms with Gasteiger partial charge >= 0.3 is 12.1 Å². The number of hydroxylamine groups is 1. The van der Waals surface area contributed by atoms with Gasteiger partial charge in [0, 0.05) is 11.8 Å². The minimum atomic E-state index is -4.75. The molecule has 3 aromatic carbocycles. The number of nitrogens with zero attached hydrogens (tertiary/aromatic N) is 2. The third-order valence-corrected chi connectivity index (χ3v) is 5.88. The van der Waals surface area contributed by atoms with Crippen LogP contribution in [0.15, 0.2) is 84.9 Å². The molecule has 7 nitrogen and oxygen atoms in total. The van der Waals surface area contributed by atoms with Crippen molar-refractivity contribution in [2.45, 2.75) is 39.9 Å². The van der Waals surface area contributed by atoms with Crippen LogP contribution < -0.4 is 10.8 Å². The highest BCUT2D eigenvalue weighted by Gasteiger charge is 2.36. The number of carbonyl (C=O) groups excluding carboxylic acids is 2. The first-order chi connectivity index (χ1) is 18.9. The number of anilines is 1. The van der Waals surface area contributed by atoms with E-state index in [1.165, 1.54) is 6.07 Å². The summed E-state index contributed by atoms with van der Waals surface area (Å²) in [5, 5.41) is 6.39. The fourth-order valence-corrected chi connectivity index (χ4v) is 3.80. The Morgan fingerprint density at radius 2 is 1.52 bits per heavy atom. The van der Waals surface area contributed by atoms with E-state index in [4.69, 9.17) is 4.84 Å². The number of hydrogen-bond donors (Lipinski definition) is 2. The summed E-state index contributed by atoms with van der Waals surface area (Å²) in [5.41, 5.74) is 3.68. The molecule has 4 aromatic rings. The van der Waals surface area contributed by atoms with E-state index in [9.17, 15) is 22.8 Å². The van der Waals surface area contributed by atoms with Gasteiger partial charge in [-0.15, -0.1) is 5.48 Å². The third kappa shape index (κ3) is 7.35. The van der Waals surface area contributed by atoms with E-state index >= 15 is 0 Å². The molecule has 1 amide bonds. The molecule has 0 fully saturated rings. The molecule has 0 unspecified atom stereocenters. The number of rotatable bonds is 8. The van der Waals surface area contributed by atoms with E-state index in [2.05, 4.69) is 15.9 Å². The summed E-state index contributed by atoms with van der Waals surface area (Å²) in [7, 11) is 0. The van der Waals surface area contributed by atoms with Crippen molar-refractivity contribution in [2.75, 3.05) is 5.32 Å². The molecule has 0 bridgehead atoms. The lowest BCUT2D eigenvalue weighted by atomic mass is 9.98. The van der Waals surface area contributed by atoms with Gasteiger partial charge in [0.15, 0.2) is 5.69 Å². The van der Waals surface area contributed by atoms with Crippen LogP contribution in [0.5, 0.6) is 0 Å². The van der Waals surface area contributed by atoms with Gasteiger partial charge in [0.1, 0.15) is 5.69 Å². The number of alkyl halides is 3. The Bertz CT molecular complexity index is 1490. The van der Waals surface area contributed by atoms with Crippen LogP contribution in [-0.4, -0.2) is 21.7 Å². The normalized spacial score (nSPS) is 11.8. The average Bonchev–Trinajstić information content (AvgIpc) is 3.36. The van der Waals surface area contributed by atoms with Gasteiger partial charge in [0.05, 0.1) is 17.6 Å². The summed E-state index contributed by atoms with van der Waals surface area (Å²) in [5.74, 6) is -1.21. The summed E-state index contributed by atoms with van der Waals surface area (Å²) in [6.07, 6.45) is -4.12. The fraction of sp³-hybridized carbons (Fsp3) is 0.233. The summed E-state index contributed by atoms with van der Waals surface area (Å²) in [6, 6.07) is 24.0. The second kappa shape index (κ2) is 11.7. The van der Waals surface area contributed by atoms with E-state index in [0.29, 0.717) is 17.7 Å². The lowest BCUT2D eigenvalue weighted by Gasteiger charge is -2.16. The third-order valence-electron chi connectivity index (χ3n) is 5.88. The molecular formula is C30H29F3N4O3. The van der Waals surface area contributed by atoms with Crippen molar-refractivity contribution < 1.29 is 27.6 Å². The van der Waals surface area contributed by atoms with Crippen LogP contribution in [-0.2, 0) is 28.8 Å². The predicted octanol–water partition coefficient (Wildman–Crippen LogP) is 6.33. The van der Waals surface area contributed by atoms with E-state index in [1.54, 1.807) is 57.2 Å². The molecule has 40 heavy (non-hydrogen) atoms. The lowest BCUT2D eigenvalue weighted by Crippen LogP contribution is -2.29.